The molecule has 1 heterocycles. The van der Waals surface area contributed by atoms with Crippen molar-refractivity contribution >= 4 is 11.8 Å². The molecule has 1 aromatic rings. The minimum absolute atomic E-state index is 0.959. The normalized spacial score (nSPS) is 19.8. The molecule has 2 aliphatic rings. The first-order valence-corrected chi connectivity index (χ1v) is 7.70. The Balaban J connectivity index is 1.93. The molecule has 1 aliphatic carbocycles. The molecule has 0 unspecified atom stereocenters. The van der Waals surface area contributed by atoms with E-state index in [0.29, 0.717) is 0 Å². The van der Waals surface area contributed by atoms with Crippen LogP contribution in [-0.2, 0) is 12.2 Å². The highest BCUT2D eigenvalue weighted by Crippen LogP contribution is 2.35. The number of benzene rings is 1. The topological polar surface area (TPSA) is 9.23 Å². The van der Waals surface area contributed by atoms with Crippen LogP contribution in [0.3, 0.4) is 0 Å². The lowest BCUT2D eigenvalue weighted by Crippen LogP contribution is -1.94. The largest absolute Gasteiger partial charge is 0.497 e. The number of fused-ring (bicyclic) bond motifs is 1. The Morgan fingerprint density at radius 3 is 2.89 bits per heavy atom. The molecule has 98 valence electrons. The van der Waals surface area contributed by atoms with Crippen molar-refractivity contribution in [2.24, 2.45) is 0 Å². The second-order valence-corrected chi connectivity index (χ2v) is 5.92. The highest BCUT2D eigenvalue weighted by molar-refractivity contribution is 8.02. The Kier molecular flexibility index (Phi) is 3.79. The molecule has 0 radical (unpaired) electrons. The number of rotatable bonds is 1. The van der Waals surface area contributed by atoms with Crippen molar-refractivity contribution < 1.29 is 4.74 Å². The fraction of sp³-hybridized carbons (Fsp3) is 0.294. The molecule has 2 heteroatoms. The van der Waals surface area contributed by atoms with Gasteiger partial charge in [-0.3, -0.25) is 0 Å². The Labute approximate surface area is 119 Å². The van der Waals surface area contributed by atoms with E-state index in [1.54, 1.807) is 7.11 Å². The molecule has 1 aliphatic heterocycles. The minimum Gasteiger partial charge on any atom is -0.497 e. The van der Waals surface area contributed by atoms with E-state index >= 15 is 0 Å². The van der Waals surface area contributed by atoms with E-state index in [1.165, 1.54) is 34.4 Å². The first-order valence-electron chi connectivity index (χ1n) is 6.71. The van der Waals surface area contributed by atoms with E-state index in [0.717, 1.165) is 17.9 Å². The zero-order valence-electron chi connectivity index (χ0n) is 11.2. The maximum absolute atomic E-state index is 5.34. The number of allylic oxidation sites excluding steroid dienone is 6. The zero-order valence-corrected chi connectivity index (χ0v) is 12.0. The predicted octanol–water partition coefficient (Wildman–Crippen LogP) is 4.64. The molecule has 0 N–H and O–H groups in total. The van der Waals surface area contributed by atoms with Gasteiger partial charge in [-0.15, -0.1) is 11.8 Å². The summed E-state index contributed by atoms with van der Waals surface area (Å²) in [5.41, 5.74) is 4.21. The van der Waals surface area contributed by atoms with Crippen LogP contribution in [0.4, 0.5) is 0 Å². The summed E-state index contributed by atoms with van der Waals surface area (Å²) in [5.74, 6) is 2.00. The Hall–Kier alpha value is -1.41. The van der Waals surface area contributed by atoms with E-state index in [2.05, 4.69) is 42.5 Å². The quantitative estimate of drug-likeness (QED) is 0.735. The zero-order chi connectivity index (χ0) is 13.1. The molecule has 0 spiro atoms. The molecule has 1 aromatic carbocycles. The monoisotopic (exact) mass is 270 g/mol. The van der Waals surface area contributed by atoms with Crippen LogP contribution in [-0.4, -0.2) is 7.11 Å². The number of hydrogen-bond acceptors (Lipinski definition) is 2. The van der Waals surface area contributed by atoms with Crippen molar-refractivity contribution in [1.82, 2.24) is 0 Å². The summed E-state index contributed by atoms with van der Waals surface area (Å²) in [4.78, 5) is 1.52. The van der Waals surface area contributed by atoms with Crippen LogP contribution in [0.2, 0.25) is 0 Å². The van der Waals surface area contributed by atoms with Gasteiger partial charge in [-0.05, 0) is 53.0 Å². The molecule has 1 nitrogen and oxygen atoms in total. The van der Waals surface area contributed by atoms with Crippen molar-refractivity contribution in [2.75, 3.05) is 7.11 Å². The van der Waals surface area contributed by atoms with Gasteiger partial charge in [0.1, 0.15) is 5.75 Å². The van der Waals surface area contributed by atoms with E-state index < -0.39 is 0 Å². The highest BCUT2D eigenvalue weighted by Gasteiger charge is 2.11. The van der Waals surface area contributed by atoms with Crippen molar-refractivity contribution in [3.63, 3.8) is 0 Å². The number of methoxy groups -OCH3 is 1. The molecular formula is C17H18OS. The van der Waals surface area contributed by atoms with Crippen LogP contribution in [0.1, 0.15) is 24.0 Å². The standard InChI is InChI=1S/C17H18OS/c1-18-16-10-9-13-6-4-7-14-5-2-3-8-17(14)19-12-15(13)11-16/h2,4-5,7,9-11H,3,6,8,12H2,1H3/b7-4-. The maximum atomic E-state index is 5.34. The molecular weight excluding hydrogens is 252 g/mol. The molecule has 3 rings (SSSR count). The summed E-state index contributed by atoms with van der Waals surface area (Å²) in [6, 6.07) is 6.43. The second kappa shape index (κ2) is 5.70. The second-order valence-electron chi connectivity index (χ2n) is 4.85. The predicted molar refractivity (Wildman–Crippen MR) is 82.5 cm³/mol. The minimum atomic E-state index is 0.959. The van der Waals surface area contributed by atoms with Gasteiger partial charge in [0.05, 0.1) is 7.11 Å². The lowest BCUT2D eigenvalue weighted by molar-refractivity contribution is 0.414. The Bertz CT molecular complexity index is 567. The van der Waals surface area contributed by atoms with Gasteiger partial charge in [-0.25, -0.2) is 0 Å². The lowest BCUT2D eigenvalue weighted by atomic mass is 10.0. The Morgan fingerprint density at radius 1 is 1.11 bits per heavy atom. The van der Waals surface area contributed by atoms with Crippen LogP contribution in [0.25, 0.3) is 0 Å². The van der Waals surface area contributed by atoms with Crippen molar-refractivity contribution in [2.45, 2.75) is 25.0 Å². The van der Waals surface area contributed by atoms with Crippen molar-refractivity contribution in [3.05, 3.63) is 64.1 Å². The first-order chi connectivity index (χ1) is 9.36. The smallest absolute Gasteiger partial charge is 0.119 e. The van der Waals surface area contributed by atoms with Gasteiger partial charge >= 0.3 is 0 Å². The third kappa shape index (κ3) is 2.79. The van der Waals surface area contributed by atoms with Crippen LogP contribution >= 0.6 is 11.8 Å². The highest BCUT2D eigenvalue weighted by atomic mass is 32.2. The number of hydrogen-bond donors (Lipinski definition) is 0. The van der Waals surface area contributed by atoms with Gasteiger partial charge in [0.15, 0.2) is 0 Å². The van der Waals surface area contributed by atoms with Crippen LogP contribution in [0.15, 0.2) is 53.0 Å². The average Bonchev–Trinajstić information content (AvgIpc) is 2.55. The lowest BCUT2D eigenvalue weighted by Gasteiger charge is -2.13. The molecule has 19 heavy (non-hydrogen) atoms. The van der Waals surface area contributed by atoms with Crippen LogP contribution < -0.4 is 4.74 Å². The summed E-state index contributed by atoms with van der Waals surface area (Å²) in [7, 11) is 1.73. The molecule has 0 saturated carbocycles. The van der Waals surface area contributed by atoms with E-state index in [9.17, 15) is 0 Å². The van der Waals surface area contributed by atoms with Gasteiger partial charge in [0.25, 0.3) is 0 Å². The van der Waals surface area contributed by atoms with Crippen LogP contribution in [0, 0.1) is 0 Å². The first kappa shape index (κ1) is 12.6. The van der Waals surface area contributed by atoms with E-state index in [1.807, 2.05) is 11.8 Å². The van der Waals surface area contributed by atoms with Crippen molar-refractivity contribution in [1.29, 1.82) is 0 Å². The number of thioether (sulfide) groups is 1. The fourth-order valence-corrected chi connectivity index (χ4v) is 3.67. The van der Waals surface area contributed by atoms with Crippen molar-refractivity contribution in [3.8, 4) is 5.75 Å². The molecule has 0 saturated heterocycles. The summed E-state index contributed by atoms with van der Waals surface area (Å²) >= 11 is 1.98. The van der Waals surface area contributed by atoms with Gasteiger partial charge in [-0.1, -0.05) is 30.4 Å². The summed E-state index contributed by atoms with van der Waals surface area (Å²) < 4.78 is 5.34. The van der Waals surface area contributed by atoms with Gasteiger partial charge in [-0.2, -0.15) is 0 Å². The Morgan fingerprint density at radius 2 is 2.00 bits per heavy atom. The van der Waals surface area contributed by atoms with Crippen LogP contribution in [0.5, 0.6) is 5.75 Å². The van der Waals surface area contributed by atoms with Gasteiger partial charge in [0, 0.05) is 5.75 Å². The average molecular weight is 270 g/mol. The molecule has 0 amide bonds. The molecule has 0 atom stereocenters. The summed E-state index contributed by atoms with van der Waals surface area (Å²) in [5, 5.41) is 0. The van der Waals surface area contributed by atoms with E-state index in [4.69, 9.17) is 4.74 Å². The molecule has 0 bridgehead atoms. The number of ether oxygens (including phenoxy) is 1. The third-order valence-electron chi connectivity index (χ3n) is 3.61. The molecule has 0 aromatic heterocycles. The SMILES string of the molecule is COc1ccc2c(c1)CSC1=C(C=CCC1)/C=C\C2. The van der Waals surface area contributed by atoms with E-state index in [-0.39, 0.29) is 0 Å². The fourth-order valence-electron chi connectivity index (χ4n) is 2.51. The van der Waals surface area contributed by atoms with Gasteiger partial charge in [0.2, 0.25) is 0 Å². The molecule has 0 fully saturated rings. The third-order valence-corrected chi connectivity index (χ3v) is 4.85. The summed E-state index contributed by atoms with van der Waals surface area (Å²) in [6.07, 6.45) is 12.4. The maximum Gasteiger partial charge on any atom is 0.119 e. The van der Waals surface area contributed by atoms with Gasteiger partial charge < -0.3 is 4.74 Å². The summed E-state index contributed by atoms with van der Waals surface area (Å²) in [6.45, 7) is 0.